The lowest BCUT2D eigenvalue weighted by Gasteiger charge is -1.99. The summed E-state index contributed by atoms with van der Waals surface area (Å²) in [5, 5.41) is 3.31. The van der Waals surface area contributed by atoms with E-state index in [-0.39, 0.29) is 23.5 Å². The first-order valence-corrected chi connectivity index (χ1v) is 8.66. The Balaban J connectivity index is 1.48. The summed E-state index contributed by atoms with van der Waals surface area (Å²) in [4.78, 5) is 49.2. The molecule has 0 unspecified atom stereocenters. The number of thiazole rings is 1. The van der Waals surface area contributed by atoms with Crippen molar-refractivity contribution in [3.63, 3.8) is 0 Å². The second-order valence-electron chi connectivity index (χ2n) is 5.74. The number of carbonyl (C=O) groups is 1. The SMILES string of the molecule is Cn1c(=O)[nH]c(=O)c2[nH]c(CCC(=O)Nc3nc4ccccc4s3)nc21. The first kappa shape index (κ1) is 16.2. The molecule has 3 N–H and O–H groups in total. The Hall–Kier alpha value is -3.27. The van der Waals surface area contributed by atoms with Gasteiger partial charge in [0.05, 0.1) is 10.2 Å². The fourth-order valence-corrected chi connectivity index (χ4v) is 3.49. The van der Waals surface area contributed by atoms with Gasteiger partial charge in [0.2, 0.25) is 5.91 Å². The minimum absolute atomic E-state index is 0.168. The summed E-state index contributed by atoms with van der Waals surface area (Å²) in [6, 6.07) is 7.64. The smallest absolute Gasteiger partial charge is 0.329 e. The molecular weight excluding hydrogens is 356 g/mol. The molecule has 132 valence electrons. The van der Waals surface area contributed by atoms with E-state index < -0.39 is 11.2 Å². The number of aromatic nitrogens is 5. The van der Waals surface area contributed by atoms with Crippen molar-refractivity contribution < 1.29 is 4.79 Å². The van der Waals surface area contributed by atoms with E-state index in [1.807, 2.05) is 24.3 Å². The second-order valence-corrected chi connectivity index (χ2v) is 6.77. The number of aromatic amines is 2. The number of hydrogen-bond donors (Lipinski definition) is 3. The van der Waals surface area contributed by atoms with Crippen LogP contribution in [0, 0.1) is 0 Å². The zero-order chi connectivity index (χ0) is 18.3. The summed E-state index contributed by atoms with van der Waals surface area (Å²) in [5.74, 6) is 0.262. The van der Waals surface area contributed by atoms with Crippen molar-refractivity contribution >= 4 is 43.8 Å². The van der Waals surface area contributed by atoms with Crippen molar-refractivity contribution in [3.05, 3.63) is 50.9 Å². The Morgan fingerprint density at radius 3 is 2.85 bits per heavy atom. The molecule has 26 heavy (non-hydrogen) atoms. The van der Waals surface area contributed by atoms with Gasteiger partial charge in [-0.05, 0) is 12.1 Å². The van der Waals surface area contributed by atoms with E-state index >= 15 is 0 Å². The van der Waals surface area contributed by atoms with Crippen LogP contribution in [0.15, 0.2) is 33.9 Å². The van der Waals surface area contributed by atoms with E-state index in [0.717, 1.165) is 10.2 Å². The maximum absolute atomic E-state index is 12.2. The van der Waals surface area contributed by atoms with Gasteiger partial charge < -0.3 is 10.3 Å². The van der Waals surface area contributed by atoms with Crippen molar-refractivity contribution in [2.24, 2.45) is 7.05 Å². The van der Waals surface area contributed by atoms with Crippen LogP contribution in [0.3, 0.4) is 0 Å². The number of anilines is 1. The first-order valence-electron chi connectivity index (χ1n) is 7.84. The van der Waals surface area contributed by atoms with E-state index in [0.29, 0.717) is 17.4 Å². The molecule has 0 radical (unpaired) electrons. The highest BCUT2D eigenvalue weighted by molar-refractivity contribution is 7.22. The highest BCUT2D eigenvalue weighted by Crippen LogP contribution is 2.25. The van der Waals surface area contributed by atoms with Gasteiger partial charge in [-0.15, -0.1) is 0 Å². The number of aryl methyl sites for hydroxylation is 2. The van der Waals surface area contributed by atoms with E-state index in [4.69, 9.17) is 0 Å². The molecule has 0 aliphatic carbocycles. The second kappa shape index (κ2) is 6.23. The van der Waals surface area contributed by atoms with Crippen molar-refractivity contribution in [2.45, 2.75) is 12.8 Å². The van der Waals surface area contributed by atoms with Crippen LogP contribution in [-0.4, -0.2) is 30.4 Å². The van der Waals surface area contributed by atoms with Gasteiger partial charge in [0.25, 0.3) is 5.56 Å². The van der Waals surface area contributed by atoms with Crippen molar-refractivity contribution in [3.8, 4) is 0 Å². The molecule has 0 spiro atoms. The summed E-state index contributed by atoms with van der Waals surface area (Å²) < 4.78 is 2.25. The van der Waals surface area contributed by atoms with Crippen LogP contribution in [0.1, 0.15) is 12.2 Å². The van der Waals surface area contributed by atoms with Gasteiger partial charge >= 0.3 is 5.69 Å². The molecule has 0 fully saturated rings. The van der Waals surface area contributed by atoms with E-state index in [2.05, 4.69) is 25.3 Å². The fraction of sp³-hybridized carbons (Fsp3) is 0.188. The van der Waals surface area contributed by atoms with E-state index in [9.17, 15) is 14.4 Å². The molecule has 9 nitrogen and oxygen atoms in total. The number of hydrogen-bond acceptors (Lipinski definition) is 6. The molecule has 0 aliphatic heterocycles. The molecule has 4 rings (SSSR count). The lowest BCUT2D eigenvalue weighted by molar-refractivity contribution is -0.116. The van der Waals surface area contributed by atoms with Crippen molar-refractivity contribution in [1.82, 2.24) is 24.5 Å². The summed E-state index contributed by atoms with van der Waals surface area (Å²) in [6.07, 6.45) is 0.473. The molecule has 0 atom stereocenters. The molecule has 3 aromatic heterocycles. The van der Waals surface area contributed by atoms with Crippen LogP contribution in [-0.2, 0) is 18.3 Å². The average molecular weight is 370 g/mol. The zero-order valence-corrected chi connectivity index (χ0v) is 14.5. The Labute approximate surface area is 149 Å². The third kappa shape index (κ3) is 2.90. The van der Waals surface area contributed by atoms with Gasteiger partial charge in [0, 0.05) is 19.9 Å². The number of para-hydroxylation sites is 1. The van der Waals surface area contributed by atoms with Crippen molar-refractivity contribution in [2.75, 3.05) is 5.32 Å². The fourth-order valence-electron chi connectivity index (χ4n) is 2.61. The van der Waals surface area contributed by atoms with Gasteiger partial charge in [0.1, 0.15) is 11.3 Å². The molecule has 0 bridgehead atoms. The van der Waals surface area contributed by atoms with Crippen LogP contribution in [0.5, 0.6) is 0 Å². The normalized spacial score (nSPS) is 11.3. The van der Waals surface area contributed by atoms with Crippen molar-refractivity contribution in [1.29, 1.82) is 0 Å². The van der Waals surface area contributed by atoms with Crippen LogP contribution < -0.4 is 16.6 Å². The molecule has 4 aromatic rings. The highest BCUT2D eigenvalue weighted by Gasteiger charge is 2.13. The van der Waals surface area contributed by atoms with E-state index in [1.54, 1.807) is 0 Å². The van der Waals surface area contributed by atoms with Gasteiger partial charge in [-0.25, -0.2) is 14.8 Å². The van der Waals surface area contributed by atoms with Gasteiger partial charge in [-0.2, -0.15) is 0 Å². The average Bonchev–Trinajstić information content (AvgIpc) is 3.22. The molecule has 0 saturated heterocycles. The number of nitrogens with zero attached hydrogens (tertiary/aromatic N) is 3. The Kier molecular flexibility index (Phi) is 3.88. The summed E-state index contributed by atoms with van der Waals surface area (Å²) in [7, 11) is 1.52. The predicted octanol–water partition coefficient (Wildman–Crippen LogP) is 1.13. The quantitative estimate of drug-likeness (QED) is 0.496. The number of rotatable bonds is 4. The maximum atomic E-state index is 12.2. The van der Waals surface area contributed by atoms with Crippen LogP contribution in [0.25, 0.3) is 21.4 Å². The standard InChI is InChI=1S/C16H14N6O3S/c1-22-13-12(14(24)21-16(22)25)18-10(19-13)6-7-11(23)20-15-17-8-4-2-3-5-9(8)26-15/h2-5H,6-7H2,1H3,(H,18,19)(H,17,20,23)(H,21,24,25). The van der Waals surface area contributed by atoms with Crippen LogP contribution in [0.4, 0.5) is 5.13 Å². The lowest BCUT2D eigenvalue weighted by Crippen LogP contribution is -2.28. The van der Waals surface area contributed by atoms with Gasteiger partial charge in [-0.1, -0.05) is 23.5 Å². The third-order valence-electron chi connectivity index (χ3n) is 3.93. The molecule has 0 saturated carbocycles. The monoisotopic (exact) mass is 370 g/mol. The third-order valence-corrected chi connectivity index (χ3v) is 4.88. The number of fused-ring (bicyclic) bond motifs is 2. The molecule has 1 amide bonds. The molecule has 3 heterocycles. The molecule has 0 aliphatic rings. The number of carbonyl (C=O) groups excluding carboxylic acids is 1. The Morgan fingerprint density at radius 1 is 1.23 bits per heavy atom. The minimum Gasteiger partial charge on any atom is -0.336 e. The Bertz CT molecular complexity index is 1220. The lowest BCUT2D eigenvalue weighted by atomic mass is 10.3. The predicted molar refractivity (Wildman–Crippen MR) is 98.5 cm³/mol. The van der Waals surface area contributed by atoms with Crippen LogP contribution >= 0.6 is 11.3 Å². The summed E-state index contributed by atoms with van der Waals surface area (Å²) in [6.45, 7) is 0. The zero-order valence-electron chi connectivity index (χ0n) is 13.7. The molecular formula is C16H14N6O3S. The molecule has 10 heteroatoms. The Morgan fingerprint density at radius 2 is 2.04 bits per heavy atom. The summed E-state index contributed by atoms with van der Waals surface area (Å²) in [5.41, 5.74) is 0.258. The number of benzene rings is 1. The number of H-pyrrole nitrogens is 2. The largest absolute Gasteiger partial charge is 0.336 e. The van der Waals surface area contributed by atoms with E-state index in [1.165, 1.54) is 23.0 Å². The number of amides is 1. The maximum Gasteiger partial charge on any atom is 0.329 e. The number of imidazole rings is 1. The topological polar surface area (TPSA) is 126 Å². The first-order chi connectivity index (χ1) is 12.5. The number of nitrogens with one attached hydrogen (secondary N) is 3. The molecule has 1 aromatic carbocycles. The minimum atomic E-state index is -0.533. The van der Waals surface area contributed by atoms with Gasteiger partial charge in [-0.3, -0.25) is 19.1 Å². The van der Waals surface area contributed by atoms with Gasteiger partial charge in [0.15, 0.2) is 10.8 Å². The highest BCUT2D eigenvalue weighted by atomic mass is 32.1. The van der Waals surface area contributed by atoms with Crippen LogP contribution in [0.2, 0.25) is 0 Å². The summed E-state index contributed by atoms with van der Waals surface area (Å²) >= 11 is 1.41.